The minimum absolute atomic E-state index is 0.175. The van der Waals surface area contributed by atoms with E-state index in [4.69, 9.17) is 0 Å². The van der Waals surface area contributed by atoms with E-state index in [2.05, 4.69) is 36.2 Å². The molecular formula is C17H19NOS. The van der Waals surface area contributed by atoms with Crippen molar-refractivity contribution in [2.75, 3.05) is 0 Å². The molecule has 1 aromatic carbocycles. The number of carbonyl (C=O) groups is 1. The largest absolute Gasteiger partial charge is 0.298 e. The summed E-state index contributed by atoms with van der Waals surface area (Å²) in [5.74, 6) is 0.175. The number of carbonyl (C=O) groups excluding carboxylic acids is 1. The number of nitrogens with zero attached hydrogens (tertiary/aromatic N) is 1. The zero-order valence-corrected chi connectivity index (χ0v) is 13.1. The topological polar surface area (TPSA) is 30.0 Å². The Balaban J connectivity index is 2.41. The number of rotatable bonds is 4. The van der Waals surface area contributed by atoms with Crippen LogP contribution in [0.15, 0.2) is 47.6 Å². The Labute approximate surface area is 124 Å². The van der Waals surface area contributed by atoms with Gasteiger partial charge in [0.05, 0.1) is 4.75 Å². The van der Waals surface area contributed by atoms with Gasteiger partial charge in [-0.25, -0.2) is 0 Å². The molecule has 0 aliphatic rings. The van der Waals surface area contributed by atoms with Crippen molar-refractivity contribution in [1.82, 2.24) is 4.98 Å². The van der Waals surface area contributed by atoms with E-state index >= 15 is 0 Å². The third-order valence-electron chi connectivity index (χ3n) is 3.36. The lowest BCUT2D eigenvalue weighted by atomic mass is 10.1. The molecule has 2 nitrogen and oxygen atoms in total. The molecular weight excluding hydrogens is 266 g/mol. The molecule has 0 radical (unpaired) electrons. The average molecular weight is 285 g/mol. The van der Waals surface area contributed by atoms with Gasteiger partial charge in [-0.2, -0.15) is 0 Å². The van der Waals surface area contributed by atoms with Crippen LogP contribution in [0, 0.1) is 6.92 Å². The van der Waals surface area contributed by atoms with Crippen LogP contribution in [0.1, 0.15) is 26.3 Å². The monoisotopic (exact) mass is 285 g/mol. The second kappa shape index (κ2) is 5.80. The molecule has 0 unspecified atom stereocenters. The van der Waals surface area contributed by atoms with Crippen molar-refractivity contribution in [3.8, 4) is 11.1 Å². The normalized spacial score (nSPS) is 11.4. The lowest BCUT2D eigenvalue weighted by Gasteiger charge is -2.22. The van der Waals surface area contributed by atoms with Crippen LogP contribution in [0.3, 0.4) is 0 Å². The maximum atomic E-state index is 11.7. The summed E-state index contributed by atoms with van der Waals surface area (Å²) in [6.07, 6.45) is 3.64. The second-order valence-electron chi connectivity index (χ2n) is 5.41. The predicted octanol–water partition coefficient (Wildman–Crippen LogP) is 4.52. The number of hydrogen-bond acceptors (Lipinski definition) is 3. The van der Waals surface area contributed by atoms with E-state index in [1.807, 2.05) is 26.1 Å². The van der Waals surface area contributed by atoms with Gasteiger partial charge in [-0.1, -0.05) is 29.8 Å². The number of hydrogen-bond donors (Lipinski definition) is 0. The first kappa shape index (κ1) is 14.8. The van der Waals surface area contributed by atoms with Gasteiger partial charge in [0.15, 0.2) is 0 Å². The summed E-state index contributed by atoms with van der Waals surface area (Å²) in [6, 6.07) is 10.3. The van der Waals surface area contributed by atoms with E-state index < -0.39 is 4.75 Å². The summed E-state index contributed by atoms with van der Waals surface area (Å²) in [5, 5.41) is 0. The summed E-state index contributed by atoms with van der Waals surface area (Å²) in [6.45, 7) is 7.62. The summed E-state index contributed by atoms with van der Waals surface area (Å²) in [4.78, 5) is 17.0. The van der Waals surface area contributed by atoms with Crippen LogP contribution in [0.5, 0.6) is 0 Å². The van der Waals surface area contributed by atoms with Crippen molar-refractivity contribution in [2.45, 2.75) is 37.3 Å². The summed E-state index contributed by atoms with van der Waals surface area (Å²) in [5.41, 5.74) is 3.44. The lowest BCUT2D eigenvalue weighted by molar-refractivity contribution is -0.118. The standard InChI is InChI=1S/C17H19NOS/c1-12-5-7-14(8-6-12)15-11-18-10-9-16(15)20-17(3,4)13(2)19/h5-11H,1-4H3. The molecule has 0 atom stereocenters. The van der Waals surface area contributed by atoms with Crippen LogP contribution < -0.4 is 0 Å². The van der Waals surface area contributed by atoms with Gasteiger partial charge in [0.2, 0.25) is 0 Å². The molecule has 0 saturated carbocycles. The minimum atomic E-state index is -0.430. The van der Waals surface area contributed by atoms with Gasteiger partial charge >= 0.3 is 0 Å². The SMILES string of the molecule is CC(=O)C(C)(C)Sc1ccncc1-c1ccc(C)cc1. The Morgan fingerprint density at radius 2 is 1.80 bits per heavy atom. The zero-order valence-electron chi connectivity index (χ0n) is 12.3. The third kappa shape index (κ3) is 3.28. The molecule has 2 aromatic rings. The summed E-state index contributed by atoms with van der Waals surface area (Å²) < 4.78 is -0.430. The Kier molecular flexibility index (Phi) is 4.29. The first-order chi connectivity index (χ1) is 9.40. The number of ketones is 1. The molecule has 0 saturated heterocycles. The molecule has 0 aliphatic carbocycles. The van der Waals surface area contributed by atoms with Gasteiger partial charge in [0, 0.05) is 22.9 Å². The van der Waals surface area contributed by atoms with E-state index in [0.717, 1.165) is 16.0 Å². The Hall–Kier alpha value is -1.61. The maximum absolute atomic E-state index is 11.7. The molecule has 0 fully saturated rings. The number of aromatic nitrogens is 1. The fraction of sp³-hybridized carbons (Fsp3) is 0.294. The van der Waals surface area contributed by atoms with Crippen LogP contribution >= 0.6 is 11.8 Å². The van der Waals surface area contributed by atoms with Crippen LogP contribution in [-0.2, 0) is 4.79 Å². The fourth-order valence-electron chi connectivity index (χ4n) is 1.77. The molecule has 0 N–H and O–H groups in total. The van der Waals surface area contributed by atoms with Crippen LogP contribution in [0.25, 0.3) is 11.1 Å². The lowest BCUT2D eigenvalue weighted by Crippen LogP contribution is -2.24. The number of Topliss-reactive ketones (excluding diaryl/α,β-unsaturated/α-hetero) is 1. The van der Waals surface area contributed by atoms with E-state index in [1.54, 1.807) is 24.9 Å². The molecule has 2 rings (SSSR count). The summed E-state index contributed by atoms with van der Waals surface area (Å²) in [7, 11) is 0. The Bertz CT molecular complexity index is 617. The van der Waals surface area contributed by atoms with Crippen LogP contribution in [0.4, 0.5) is 0 Å². The highest BCUT2D eigenvalue weighted by Crippen LogP contribution is 2.38. The quantitative estimate of drug-likeness (QED) is 0.774. The smallest absolute Gasteiger partial charge is 0.145 e. The molecule has 20 heavy (non-hydrogen) atoms. The highest BCUT2D eigenvalue weighted by atomic mass is 32.2. The van der Waals surface area contributed by atoms with Crippen LogP contribution in [0.2, 0.25) is 0 Å². The Morgan fingerprint density at radius 1 is 1.15 bits per heavy atom. The molecule has 0 amide bonds. The minimum Gasteiger partial charge on any atom is -0.298 e. The molecule has 0 aliphatic heterocycles. The molecule has 3 heteroatoms. The van der Waals surface area contributed by atoms with Crippen molar-refractivity contribution in [2.24, 2.45) is 0 Å². The van der Waals surface area contributed by atoms with E-state index in [0.29, 0.717) is 0 Å². The van der Waals surface area contributed by atoms with Gasteiger partial charge in [0.25, 0.3) is 0 Å². The molecule has 0 bridgehead atoms. The molecule has 104 valence electrons. The van der Waals surface area contributed by atoms with Crippen LogP contribution in [-0.4, -0.2) is 15.5 Å². The van der Waals surface area contributed by atoms with Gasteiger partial charge < -0.3 is 0 Å². The summed E-state index contributed by atoms with van der Waals surface area (Å²) >= 11 is 1.59. The third-order valence-corrected chi connectivity index (χ3v) is 4.73. The average Bonchev–Trinajstić information content (AvgIpc) is 2.40. The van der Waals surface area contributed by atoms with Gasteiger partial charge in [-0.05, 0) is 39.3 Å². The van der Waals surface area contributed by atoms with Gasteiger partial charge in [0.1, 0.15) is 5.78 Å². The maximum Gasteiger partial charge on any atom is 0.145 e. The van der Waals surface area contributed by atoms with E-state index in [-0.39, 0.29) is 5.78 Å². The molecule has 1 aromatic heterocycles. The zero-order chi connectivity index (χ0) is 14.8. The number of pyridine rings is 1. The fourth-order valence-corrected chi connectivity index (χ4v) is 2.87. The number of aryl methyl sites for hydroxylation is 1. The number of benzene rings is 1. The first-order valence-electron chi connectivity index (χ1n) is 6.61. The van der Waals surface area contributed by atoms with E-state index in [1.165, 1.54) is 5.56 Å². The van der Waals surface area contributed by atoms with Gasteiger partial charge in [-0.15, -0.1) is 11.8 Å². The second-order valence-corrected chi connectivity index (χ2v) is 7.07. The number of thioether (sulfide) groups is 1. The van der Waals surface area contributed by atoms with Crippen molar-refractivity contribution < 1.29 is 4.79 Å². The molecule has 1 heterocycles. The van der Waals surface area contributed by atoms with Gasteiger partial charge in [-0.3, -0.25) is 9.78 Å². The Morgan fingerprint density at radius 3 is 2.40 bits per heavy atom. The van der Waals surface area contributed by atoms with Crippen molar-refractivity contribution >= 4 is 17.5 Å². The molecule has 0 spiro atoms. The van der Waals surface area contributed by atoms with Crippen molar-refractivity contribution in [1.29, 1.82) is 0 Å². The van der Waals surface area contributed by atoms with Crippen molar-refractivity contribution in [3.63, 3.8) is 0 Å². The highest BCUT2D eigenvalue weighted by Gasteiger charge is 2.26. The van der Waals surface area contributed by atoms with Crippen molar-refractivity contribution in [3.05, 3.63) is 48.3 Å². The predicted molar refractivity (Wildman–Crippen MR) is 85.0 cm³/mol. The van der Waals surface area contributed by atoms with E-state index in [9.17, 15) is 4.79 Å². The first-order valence-corrected chi connectivity index (χ1v) is 7.43. The highest BCUT2D eigenvalue weighted by molar-refractivity contribution is 8.01.